The summed E-state index contributed by atoms with van der Waals surface area (Å²) in [6.07, 6.45) is 0. The molecule has 0 N–H and O–H groups in total. The maximum atomic E-state index is 4.87. The largest absolute Gasteiger partial charge is 0.243 e. The molecule has 0 amide bonds. The van der Waals surface area contributed by atoms with Crippen LogP contribution in [0.25, 0.3) is 54.1 Å². The van der Waals surface area contributed by atoms with Crippen molar-refractivity contribution < 1.29 is 0 Å². The second-order valence-electron chi connectivity index (χ2n) is 8.40. The van der Waals surface area contributed by atoms with E-state index >= 15 is 0 Å². The van der Waals surface area contributed by atoms with Gasteiger partial charge >= 0.3 is 0 Å². The summed E-state index contributed by atoms with van der Waals surface area (Å²) in [4.78, 5) is 6.30. The van der Waals surface area contributed by atoms with E-state index in [0.717, 1.165) is 53.6 Å². The zero-order chi connectivity index (χ0) is 24.2. The fourth-order valence-electron chi connectivity index (χ4n) is 4.04. The van der Waals surface area contributed by atoms with Crippen LogP contribution in [-0.2, 0) is 0 Å². The molecule has 0 saturated heterocycles. The maximum absolute atomic E-state index is 4.87. The first-order valence-electron chi connectivity index (χ1n) is 11.2. The lowest BCUT2D eigenvalue weighted by atomic mass is 10.1. The molecule has 0 aliphatic heterocycles. The molecule has 0 fully saturated rings. The molecule has 11 heteroatoms. The highest BCUT2D eigenvalue weighted by Gasteiger charge is 2.18. The molecule has 0 aliphatic rings. The van der Waals surface area contributed by atoms with Crippen LogP contribution in [0, 0.1) is 13.8 Å². The van der Waals surface area contributed by atoms with Crippen molar-refractivity contribution in [2.75, 3.05) is 0 Å². The van der Waals surface area contributed by atoms with E-state index in [2.05, 4.69) is 58.5 Å². The molecule has 174 valence electrons. The van der Waals surface area contributed by atoms with E-state index in [-0.39, 0.29) is 0 Å². The molecule has 0 atom stereocenters. The molecule has 5 heterocycles. The second kappa shape index (κ2) is 8.11. The van der Waals surface area contributed by atoms with Gasteiger partial charge in [0.2, 0.25) is 9.92 Å². The number of nitrogens with zero attached hydrogens (tertiary/aromatic N) is 9. The molecule has 0 saturated carbocycles. The summed E-state index contributed by atoms with van der Waals surface area (Å²) in [6, 6.07) is 22.2. The van der Waals surface area contributed by atoms with Gasteiger partial charge in [-0.1, -0.05) is 76.3 Å². The molecule has 7 aromatic rings. The van der Waals surface area contributed by atoms with Gasteiger partial charge in [-0.15, -0.1) is 20.4 Å². The van der Waals surface area contributed by atoms with Gasteiger partial charge in [0.25, 0.3) is 0 Å². The fraction of sp³-hybridized carbons (Fsp3) is 0.0800. The average Bonchev–Trinajstić information content (AvgIpc) is 3.64. The van der Waals surface area contributed by atoms with Gasteiger partial charge in [0.05, 0.1) is 0 Å². The van der Waals surface area contributed by atoms with Crippen molar-refractivity contribution in [3.05, 3.63) is 77.9 Å². The van der Waals surface area contributed by atoms with E-state index in [9.17, 15) is 0 Å². The lowest BCUT2D eigenvalue weighted by Gasteiger charge is -2.00. The Hall–Kier alpha value is -4.35. The van der Waals surface area contributed by atoms with Gasteiger partial charge < -0.3 is 0 Å². The van der Waals surface area contributed by atoms with E-state index in [1.54, 1.807) is 9.03 Å². The minimum absolute atomic E-state index is 0.713. The summed E-state index contributed by atoms with van der Waals surface area (Å²) in [5.74, 6) is 1.43. The monoisotopic (exact) mass is 507 g/mol. The van der Waals surface area contributed by atoms with Gasteiger partial charge in [-0.3, -0.25) is 0 Å². The van der Waals surface area contributed by atoms with Crippen molar-refractivity contribution in [3.63, 3.8) is 0 Å². The minimum atomic E-state index is 0.713. The quantitative estimate of drug-likeness (QED) is 0.316. The van der Waals surface area contributed by atoms with Crippen LogP contribution >= 0.6 is 22.7 Å². The smallest absolute Gasteiger partial charge is 0.235 e. The number of hydrogen-bond donors (Lipinski definition) is 0. The molecule has 2 aromatic carbocycles. The van der Waals surface area contributed by atoms with E-state index < -0.39 is 0 Å². The molecule has 0 unspecified atom stereocenters. The average molecular weight is 508 g/mol. The minimum Gasteiger partial charge on any atom is -0.243 e. The van der Waals surface area contributed by atoms with Crippen LogP contribution in [0.15, 0.2) is 66.7 Å². The van der Waals surface area contributed by atoms with Crippen molar-refractivity contribution in [3.8, 4) is 44.2 Å². The SMILES string of the molecule is Cc1cccc(-c2nnc3sc(-c4cccc(-c5nn6c(-c7cccc(C)c7)nnc6s5)n4)nn23)c1. The Balaban J connectivity index is 1.27. The van der Waals surface area contributed by atoms with Crippen LogP contribution in [0.5, 0.6) is 0 Å². The van der Waals surface area contributed by atoms with E-state index in [0.29, 0.717) is 11.6 Å². The van der Waals surface area contributed by atoms with E-state index in [1.807, 2.05) is 42.5 Å². The number of rotatable bonds is 4. The third kappa shape index (κ3) is 3.48. The van der Waals surface area contributed by atoms with Gasteiger partial charge in [-0.2, -0.15) is 19.2 Å². The number of hydrogen-bond acceptors (Lipinski definition) is 9. The summed E-state index contributed by atoms with van der Waals surface area (Å²) in [5, 5.41) is 28.4. The molecule has 0 aliphatic carbocycles. The normalized spacial score (nSPS) is 11.6. The standard InChI is InChI=1S/C25H17N9S2/c1-14-6-3-8-16(12-14)20-27-29-24-33(20)31-22(35-24)18-10-5-11-19(26-18)23-32-34-21(28-30-25(34)36-23)17-9-4-7-15(2)13-17/h3-13H,1-2H3. The summed E-state index contributed by atoms with van der Waals surface area (Å²) in [5.41, 5.74) is 5.77. The van der Waals surface area contributed by atoms with Crippen LogP contribution in [-0.4, -0.2) is 44.6 Å². The number of pyridine rings is 1. The Morgan fingerprint density at radius 3 is 1.53 bits per heavy atom. The third-order valence-electron chi connectivity index (χ3n) is 5.72. The highest BCUT2D eigenvalue weighted by atomic mass is 32.1. The Morgan fingerprint density at radius 1 is 0.583 bits per heavy atom. The van der Waals surface area contributed by atoms with Crippen LogP contribution < -0.4 is 0 Å². The highest BCUT2D eigenvalue weighted by Crippen LogP contribution is 2.31. The van der Waals surface area contributed by atoms with E-state index in [1.165, 1.54) is 22.7 Å². The first kappa shape index (κ1) is 21.0. The number of fused-ring (bicyclic) bond motifs is 2. The zero-order valence-corrected chi connectivity index (χ0v) is 20.8. The van der Waals surface area contributed by atoms with Gasteiger partial charge in [0.1, 0.15) is 11.4 Å². The van der Waals surface area contributed by atoms with Gasteiger partial charge in [-0.25, -0.2) is 4.98 Å². The molecular weight excluding hydrogens is 490 g/mol. The molecule has 0 bridgehead atoms. The van der Waals surface area contributed by atoms with Gasteiger partial charge in [0.15, 0.2) is 21.7 Å². The number of aryl methyl sites for hydroxylation is 2. The number of benzene rings is 2. The van der Waals surface area contributed by atoms with Crippen molar-refractivity contribution >= 4 is 32.6 Å². The van der Waals surface area contributed by atoms with Crippen LogP contribution in [0.1, 0.15) is 11.1 Å². The van der Waals surface area contributed by atoms with Crippen molar-refractivity contribution in [1.82, 2.24) is 44.6 Å². The third-order valence-corrected chi connectivity index (χ3v) is 7.56. The summed E-state index contributed by atoms with van der Waals surface area (Å²) in [6.45, 7) is 4.11. The Labute approximate surface area is 212 Å². The molecule has 7 rings (SSSR count). The summed E-state index contributed by atoms with van der Waals surface area (Å²) < 4.78 is 3.56. The van der Waals surface area contributed by atoms with E-state index in [4.69, 9.17) is 15.2 Å². The number of aromatic nitrogens is 9. The van der Waals surface area contributed by atoms with Crippen molar-refractivity contribution in [2.45, 2.75) is 13.8 Å². The molecule has 0 radical (unpaired) electrons. The van der Waals surface area contributed by atoms with Crippen molar-refractivity contribution in [2.24, 2.45) is 0 Å². The lowest BCUT2D eigenvalue weighted by molar-refractivity contribution is 0.961. The molecular formula is C25H17N9S2. The molecule has 9 nitrogen and oxygen atoms in total. The lowest BCUT2D eigenvalue weighted by Crippen LogP contribution is -1.94. The zero-order valence-electron chi connectivity index (χ0n) is 19.2. The summed E-state index contributed by atoms with van der Waals surface area (Å²) in [7, 11) is 0. The fourth-order valence-corrected chi connectivity index (χ4v) is 5.66. The molecule has 5 aromatic heterocycles. The van der Waals surface area contributed by atoms with Gasteiger partial charge in [0, 0.05) is 11.1 Å². The predicted octanol–water partition coefficient (Wildman–Crippen LogP) is 5.36. The van der Waals surface area contributed by atoms with Crippen LogP contribution in [0.2, 0.25) is 0 Å². The first-order valence-corrected chi connectivity index (χ1v) is 12.8. The first-order chi connectivity index (χ1) is 17.6. The van der Waals surface area contributed by atoms with Crippen LogP contribution in [0.3, 0.4) is 0 Å². The topological polar surface area (TPSA) is 99.0 Å². The summed E-state index contributed by atoms with van der Waals surface area (Å²) >= 11 is 2.91. The Kier molecular flexibility index (Phi) is 4.72. The maximum Gasteiger partial charge on any atom is 0.235 e. The van der Waals surface area contributed by atoms with Gasteiger partial charge in [-0.05, 0) is 38.1 Å². The molecule has 36 heavy (non-hydrogen) atoms. The Bertz CT molecular complexity index is 1760. The Morgan fingerprint density at radius 2 is 1.06 bits per heavy atom. The highest BCUT2D eigenvalue weighted by molar-refractivity contribution is 7.20. The second-order valence-corrected chi connectivity index (χ2v) is 10.3. The van der Waals surface area contributed by atoms with Crippen molar-refractivity contribution in [1.29, 1.82) is 0 Å². The molecule has 0 spiro atoms. The predicted molar refractivity (Wildman–Crippen MR) is 140 cm³/mol. The van der Waals surface area contributed by atoms with Crippen LogP contribution in [0.4, 0.5) is 0 Å².